The summed E-state index contributed by atoms with van der Waals surface area (Å²) in [6.45, 7) is 5.96. The highest BCUT2D eigenvalue weighted by atomic mass is 16.5. The summed E-state index contributed by atoms with van der Waals surface area (Å²) in [5.74, 6) is 1.55. The Hall–Kier alpha value is -2.33. The maximum atomic E-state index is 11.2. The van der Waals surface area contributed by atoms with Crippen molar-refractivity contribution in [2.24, 2.45) is 5.92 Å². The lowest BCUT2D eigenvalue weighted by Crippen LogP contribution is -2.40. The first kappa shape index (κ1) is 18.5. The van der Waals surface area contributed by atoms with Crippen molar-refractivity contribution in [3.63, 3.8) is 0 Å². The van der Waals surface area contributed by atoms with Crippen LogP contribution < -0.4 is 10.1 Å². The minimum atomic E-state index is 0.0572. The summed E-state index contributed by atoms with van der Waals surface area (Å²) in [5, 5.41) is 2.96. The summed E-state index contributed by atoms with van der Waals surface area (Å²) in [6.07, 6.45) is 2.36. The van der Waals surface area contributed by atoms with Gasteiger partial charge in [-0.15, -0.1) is 0 Å². The fraction of sp³-hybridized carbons (Fsp3) is 0.409. The van der Waals surface area contributed by atoms with Crippen LogP contribution in [0.3, 0.4) is 0 Å². The van der Waals surface area contributed by atoms with Gasteiger partial charge in [0.1, 0.15) is 12.4 Å². The molecule has 0 spiro atoms. The lowest BCUT2D eigenvalue weighted by atomic mass is 9.97. The number of amides is 1. The van der Waals surface area contributed by atoms with Crippen LogP contribution in [0.2, 0.25) is 0 Å². The molecule has 2 aromatic carbocycles. The lowest BCUT2D eigenvalue weighted by Gasteiger charge is -2.33. The van der Waals surface area contributed by atoms with Crippen LogP contribution in [0.4, 0.5) is 0 Å². The lowest BCUT2D eigenvalue weighted by molar-refractivity contribution is -0.119. The molecule has 0 saturated carbocycles. The SMILES string of the molecule is CC(=O)NC[C@H]1CCCN(Cc2ccccc2OCc2ccccc2)C1. The third-order valence-corrected chi connectivity index (χ3v) is 4.85. The number of para-hydroxylation sites is 1. The second-order valence-corrected chi connectivity index (χ2v) is 7.06. The van der Waals surface area contributed by atoms with Gasteiger partial charge in [0.05, 0.1) is 0 Å². The van der Waals surface area contributed by atoms with Crippen molar-refractivity contribution in [2.75, 3.05) is 19.6 Å². The van der Waals surface area contributed by atoms with Crippen LogP contribution in [0.15, 0.2) is 54.6 Å². The number of rotatable bonds is 7. The maximum Gasteiger partial charge on any atom is 0.216 e. The van der Waals surface area contributed by atoms with E-state index >= 15 is 0 Å². The minimum Gasteiger partial charge on any atom is -0.489 e. The van der Waals surface area contributed by atoms with Gasteiger partial charge in [0.2, 0.25) is 5.91 Å². The zero-order valence-electron chi connectivity index (χ0n) is 15.5. The molecule has 138 valence electrons. The van der Waals surface area contributed by atoms with Crippen molar-refractivity contribution in [1.82, 2.24) is 10.2 Å². The fourth-order valence-electron chi connectivity index (χ4n) is 3.50. The molecule has 1 aliphatic heterocycles. The van der Waals surface area contributed by atoms with Gasteiger partial charge in [0.25, 0.3) is 0 Å². The van der Waals surface area contributed by atoms with E-state index in [0.717, 1.165) is 31.9 Å². The van der Waals surface area contributed by atoms with Crippen LogP contribution >= 0.6 is 0 Å². The van der Waals surface area contributed by atoms with Gasteiger partial charge >= 0.3 is 0 Å². The number of hydrogen-bond donors (Lipinski definition) is 1. The largest absolute Gasteiger partial charge is 0.489 e. The van der Waals surface area contributed by atoms with E-state index in [1.54, 1.807) is 6.92 Å². The highest BCUT2D eigenvalue weighted by molar-refractivity contribution is 5.72. The Balaban J connectivity index is 1.58. The van der Waals surface area contributed by atoms with E-state index in [1.807, 2.05) is 24.3 Å². The predicted molar refractivity (Wildman–Crippen MR) is 104 cm³/mol. The first-order valence-corrected chi connectivity index (χ1v) is 9.42. The van der Waals surface area contributed by atoms with Crippen molar-refractivity contribution >= 4 is 5.91 Å². The summed E-state index contributed by atoms with van der Waals surface area (Å²) < 4.78 is 6.09. The van der Waals surface area contributed by atoms with Crippen LogP contribution in [0.1, 0.15) is 30.9 Å². The number of nitrogens with zero attached hydrogens (tertiary/aromatic N) is 1. The van der Waals surface area contributed by atoms with Crippen LogP contribution in [-0.4, -0.2) is 30.4 Å². The van der Waals surface area contributed by atoms with E-state index in [9.17, 15) is 4.79 Å². The minimum absolute atomic E-state index is 0.0572. The molecule has 1 heterocycles. The molecule has 0 bridgehead atoms. The Bertz CT molecular complexity index is 702. The highest BCUT2D eigenvalue weighted by Gasteiger charge is 2.21. The molecular weight excluding hydrogens is 324 g/mol. The molecule has 3 rings (SSSR count). The first-order chi connectivity index (χ1) is 12.7. The van der Waals surface area contributed by atoms with Gasteiger partial charge in [-0.1, -0.05) is 48.5 Å². The van der Waals surface area contributed by atoms with Crippen LogP contribution in [-0.2, 0) is 17.9 Å². The summed E-state index contributed by atoms with van der Waals surface area (Å²) >= 11 is 0. The summed E-state index contributed by atoms with van der Waals surface area (Å²) in [5.41, 5.74) is 2.40. The van der Waals surface area contributed by atoms with Gasteiger partial charge in [0.15, 0.2) is 0 Å². The Morgan fingerprint density at radius 3 is 2.73 bits per heavy atom. The third kappa shape index (κ3) is 5.60. The van der Waals surface area contributed by atoms with Gasteiger partial charge in [-0.2, -0.15) is 0 Å². The Kier molecular flexibility index (Phi) is 6.67. The van der Waals surface area contributed by atoms with E-state index in [0.29, 0.717) is 12.5 Å². The van der Waals surface area contributed by atoms with Crippen molar-refractivity contribution < 1.29 is 9.53 Å². The van der Waals surface area contributed by atoms with E-state index in [1.165, 1.54) is 24.0 Å². The highest BCUT2D eigenvalue weighted by Crippen LogP contribution is 2.24. The Morgan fingerprint density at radius 1 is 1.15 bits per heavy atom. The standard InChI is InChI=1S/C22H28N2O2/c1-18(25)23-14-20-10-7-13-24(15-20)16-21-11-5-6-12-22(21)26-17-19-8-3-2-4-9-19/h2-6,8-9,11-12,20H,7,10,13-17H2,1H3,(H,23,25)/t20-/m1/s1. The normalized spacial score (nSPS) is 17.7. The third-order valence-electron chi connectivity index (χ3n) is 4.85. The van der Waals surface area contributed by atoms with Crippen molar-refractivity contribution in [3.05, 3.63) is 65.7 Å². The van der Waals surface area contributed by atoms with Gasteiger partial charge in [-0.3, -0.25) is 9.69 Å². The summed E-state index contributed by atoms with van der Waals surface area (Å²) in [6, 6.07) is 18.6. The van der Waals surface area contributed by atoms with E-state index in [-0.39, 0.29) is 5.91 Å². The van der Waals surface area contributed by atoms with E-state index in [4.69, 9.17) is 4.74 Å². The van der Waals surface area contributed by atoms with Crippen LogP contribution in [0.5, 0.6) is 5.75 Å². The van der Waals surface area contributed by atoms with Crippen LogP contribution in [0, 0.1) is 5.92 Å². The van der Waals surface area contributed by atoms with Gasteiger partial charge < -0.3 is 10.1 Å². The molecule has 0 unspecified atom stereocenters. The predicted octanol–water partition coefficient (Wildman–Crippen LogP) is 3.61. The number of piperidine rings is 1. The van der Waals surface area contributed by atoms with Crippen molar-refractivity contribution in [1.29, 1.82) is 0 Å². The van der Waals surface area contributed by atoms with Crippen molar-refractivity contribution in [2.45, 2.75) is 32.9 Å². The number of hydrogen-bond acceptors (Lipinski definition) is 3. The molecule has 1 fully saturated rings. The number of likely N-dealkylation sites (tertiary alicyclic amines) is 1. The molecule has 0 aromatic heterocycles. The molecule has 4 heteroatoms. The first-order valence-electron chi connectivity index (χ1n) is 9.42. The molecule has 1 atom stereocenters. The van der Waals surface area contributed by atoms with Gasteiger partial charge in [-0.05, 0) is 36.9 Å². The molecule has 4 nitrogen and oxygen atoms in total. The van der Waals surface area contributed by atoms with E-state index in [2.05, 4.69) is 40.5 Å². The molecule has 0 aliphatic carbocycles. The topological polar surface area (TPSA) is 41.6 Å². The van der Waals surface area contributed by atoms with Crippen molar-refractivity contribution in [3.8, 4) is 5.75 Å². The molecular formula is C22H28N2O2. The molecule has 2 aromatic rings. The molecule has 26 heavy (non-hydrogen) atoms. The molecule has 1 aliphatic rings. The Labute approximate surface area is 156 Å². The number of benzene rings is 2. The Morgan fingerprint density at radius 2 is 1.92 bits per heavy atom. The second-order valence-electron chi connectivity index (χ2n) is 7.06. The zero-order chi connectivity index (χ0) is 18.2. The maximum absolute atomic E-state index is 11.2. The number of nitrogens with one attached hydrogen (secondary N) is 1. The number of carbonyl (C=O) groups excluding carboxylic acids is 1. The van der Waals surface area contributed by atoms with Crippen LogP contribution in [0.25, 0.3) is 0 Å². The molecule has 1 N–H and O–H groups in total. The molecule has 0 radical (unpaired) electrons. The average molecular weight is 352 g/mol. The monoisotopic (exact) mass is 352 g/mol. The number of carbonyl (C=O) groups is 1. The average Bonchev–Trinajstić information content (AvgIpc) is 2.67. The molecule has 1 saturated heterocycles. The van der Waals surface area contributed by atoms with Gasteiger partial charge in [0, 0.05) is 32.1 Å². The number of ether oxygens (including phenoxy) is 1. The molecule has 1 amide bonds. The van der Waals surface area contributed by atoms with E-state index < -0.39 is 0 Å². The van der Waals surface area contributed by atoms with Gasteiger partial charge in [-0.25, -0.2) is 0 Å². The quantitative estimate of drug-likeness (QED) is 0.828. The smallest absolute Gasteiger partial charge is 0.216 e. The summed E-state index contributed by atoms with van der Waals surface area (Å²) in [7, 11) is 0. The zero-order valence-corrected chi connectivity index (χ0v) is 15.5. The summed E-state index contributed by atoms with van der Waals surface area (Å²) in [4.78, 5) is 13.6. The fourth-order valence-corrected chi connectivity index (χ4v) is 3.50. The second kappa shape index (κ2) is 9.39.